The number of nitrogens with two attached hydrogens (primary N) is 1. The fraction of sp³-hybridized carbons (Fsp3) is 0.182. The fourth-order valence-electron chi connectivity index (χ4n) is 1.66. The molecule has 2 N–H and O–H groups in total. The van der Waals surface area contributed by atoms with Gasteiger partial charge in [0.25, 0.3) is 0 Å². The number of hydrogen-bond donors (Lipinski definition) is 1. The molecule has 5 nitrogen and oxygen atoms in total. The maximum absolute atomic E-state index is 13.9. The van der Waals surface area contributed by atoms with Crippen LogP contribution in [0.25, 0.3) is 5.52 Å². The number of halogens is 1. The third kappa shape index (κ3) is 1.72. The molecule has 86 valence electrons. The molecule has 0 aliphatic heterocycles. The first-order chi connectivity index (χ1) is 8.19. The SMILES string of the molecule is C=CCCc1c(C#N)c(F)c2cnc(N)nn12. The zero-order valence-corrected chi connectivity index (χ0v) is 9.02. The third-order valence-electron chi connectivity index (χ3n) is 2.44. The van der Waals surface area contributed by atoms with Gasteiger partial charge in [-0.2, -0.15) is 5.26 Å². The summed E-state index contributed by atoms with van der Waals surface area (Å²) < 4.78 is 15.2. The average molecular weight is 231 g/mol. The number of fused-ring (bicyclic) bond motifs is 1. The first kappa shape index (κ1) is 11.1. The second-order valence-electron chi connectivity index (χ2n) is 3.49. The molecule has 0 saturated carbocycles. The second kappa shape index (κ2) is 4.22. The maximum Gasteiger partial charge on any atom is 0.238 e. The number of allylic oxidation sites excluding steroid dienone is 1. The highest BCUT2D eigenvalue weighted by Gasteiger charge is 2.19. The summed E-state index contributed by atoms with van der Waals surface area (Å²) in [6.07, 6.45) is 4.08. The Hall–Kier alpha value is -2.42. The number of nitriles is 1. The predicted molar refractivity (Wildman–Crippen MR) is 60.6 cm³/mol. The lowest BCUT2D eigenvalue weighted by Gasteiger charge is -2.00. The van der Waals surface area contributed by atoms with Crippen molar-refractivity contribution < 1.29 is 4.39 Å². The van der Waals surface area contributed by atoms with Crippen LogP contribution in [0.1, 0.15) is 17.7 Å². The number of anilines is 1. The van der Waals surface area contributed by atoms with Crippen molar-refractivity contribution in [3.8, 4) is 6.07 Å². The van der Waals surface area contributed by atoms with Gasteiger partial charge in [-0.25, -0.2) is 13.9 Å². The van der Waals surface area contributed by atoms with Gasteiger partial charge in [0.05, 0.1) is 11.9 Å². The van der Waals surface area contributed by atoms with E-state index in [2.05, 4.69) is 16.7 Å². The molecule has 2 aromatic heterocycles. The molecule has 6 heteroatoms. The van der Waals surface area contributed by atoms with E-state index < -0.39 is 5.82 Å². The van der Waals surface area contributed by atoms with E-state index in [9.17, 15) is 4.39 Å². The molecule has 2 aromatic rings. The normalized spacial score (nSPS) is 10.4. The van der Waals surface area contributed by atoms with E-state index in [1.165, 1.54) is 10.7 Å². The maximum atomic E-state index is 13.9. The lowest BCUT2D eigenvalue weighted by atomic mass is 10.1. The summed E-state index contributed by atoms with van der Waals surface area (Å²) in [5.41, 5.74) is 6.10. The van der Waals surface area contributed by atoms with Crippen molar-refractivity contribution in [3.63, 3.8) is 0 Å². The first-order valence-electron chi connectivity index (χ1n) is 5.01. The highest BCUT2D eigenvalue weighted by Crippen LogP contribution is 2.21. The lowest BCUT2D eigenvalue weighted by Crippen LogP contribution is -2.04. The third-order valence-corrected chi connectivity index (χ3v) is 2.44. The Morgan fingerprint density at radius 3 is 3.06 bits per heavy atom. The van der Waals surface area contributed by atoms with Crippen molar-refractivity contribution in [1.29, 1.82) is 5.26 Å². The first-order valence-corrected chi connectivity index (χ1v) is 5.01. The lowest BCUT2D eigenvalue weighted by molar-refractivity contribution is 0.635. The van der Waals surface area contributed by atoms with E-state index in [1.807, 2.05) is 6.07 Å². The summed E-state index contributed by atoms with van der Waals surface area (Å²) in [4.78, 5) is 3.71. The fourth-order valence-corrected chi connectivity index (χ4v) is 1.66. The van der Waals surface area contributed by atoms with Crippen LogP contribution in [0.5, 0.6) is 0 Å². The molecule has 0 amide bonds. The van der Waals surface area contributed by atoms with E-state index in [0.29, 0.717) is 18.5 Å². The van der Waals surface area contributed by atoms with Gasteiger partial charge in [-0.1, -0.05) is 6.08 Å². The molecule has 0 saturated heterocycles. The average Bonchev–Trinajstić information content (AvgIpc) is 2.58. The molecule has 0 aliphatic rings. The monoisotopic (exact) mass is 231 g/mol. The zero-order chi connectivity index (χ0) is 12.4. The molecule has 0 aromatic carbocycles. The Kier molecular flexibility index (Phi) is 2.75. The molecular formula is C11H10FN5. The minimum atomic E-state index is -0.605. The minimum absolute atomic E-state index is 0.00764. The molecule has 0 fully saturated rings. The Morgan fingerprint density at radius 2 is 2.41 bits per heavy atom. The molecule has 0 unspecified atom stereocenters. The summed E-state index contributed by atoms with van der Waals surface area (Å²) >= 11 is 0. The highest BCUT2D eigenvalue weighted by atomic mass is 19.1. The standard InChI is InChI=1S/C11H10FN5/c1-2-3-4-8-7(5-13)10(12)9-6-15-11(14)16-17(8)9/h2,6H,1,3-4H2,(H2,14,16). The number of nitrogens with zero attached hydrogens (tertiary/aromatic N) is 4. The van der Waals surface area contributed by atoms with Crippen molar-refractivity contribution >= 4 is 11.5 Å². The number of rotatable bonds is 3. The molecule has 0 bridgehead atoms. The number of aryl methyl sites for hydroxylation is 1. The van der Waals surface area contributed by atoms with Crippen LogP contribution in [0, 0.1) is 17.1 Å². The number of nitrogen functional groups attached to an aromatic ring is 1. The summed E-state index contributed by atoms with van der Waals surface area (Å²) in [7, 11) is 0. The topological polar surface area (TPSA) is 80.0 Å². The van der Waals surface area contributed by atoms with Crippen LogP contribution >= 0.6 is 0 Å². The van der Waals surface area contributed by atoms with Crippen molar-refractivity contribution in [1.82, 2.24) is 14.6 Å². The molecule has 17 heavy (non-hydrogen) atoms. The van der Waals surface area contributed by atoms with Gasteiger partial charge < -0.3 is 5.73 Å². The predicted octanol–water partition coefficient (Wildman–Crippen LogP) is 1.44. The van der Waals surface area contributed by atoms with Crippen LogP contribution < -0.4 is 5.73 Å². The van der Waals surface area contributed by atoms with Gasteiger partial charge in [-0.05, 0) is 12.8 Å². The molecule has 2 rings (SSSR count). The van der Waals surface area contributed by atoms with Gasteiger partial charge in [0.15, 0.2) is 5.82 Å². The van der Waals surface area contributed by atoms with Gasteiger partial charge in [0.1, 0.15) is 17.1 Å². The quantitative estimate of drug-likeness (QED) is 0.810. The Labute approximate surface area is 97.0 Å². The van der Waals surface area contributed by atoms with E-state index in [-0.39, 0.29) is 17.0 Å². The van der Waals surface area contributed by atoms with Crippen LogP contribution in [0.2, 0.25) is 0 Å². The van der Waals surface area contributed by atoms with E-state index in [4.69, 9.17) is 11.0 Å². The van der Waals surface area contributed by atoms with Gasteiger partial charge in [0.2, 0.25) is 5.95 Å². The molecule has 0 radical (unpaired) electrons. The van der Waals surface area contributed by atoms with Gasteiger partial charge in [-0.15, -0.1) is 11.7 Å². The second-order valence-corrected chi connectivity index (χ2v) is 3.49. The smallest absolute Gasteiger partial charge is 0.238 e. The summed E-state index contributed by atoms with van der Waals surface area (Å²) in [6.45, 7) is 3.59. The highest BCUT2D eigenvalue weighted by molar-refractivity contribution is 5.57. The summed E-state index contributed by atoms with van der Waals surface area (Å²) in [6, 6.07) is 1.84. The molecule has 0 atom stereocenters. The van der Waals surface area contributed by atoms with Crippen molar-refractivity contribution in [2.24, 2.45) is 0 Å². The van der Waals surface area contributed by atoms with Crippen molar-refractivity contribution in [2.45, 2.75) is 12.8 Å². The number of aromatic nitrogens is 3. The van der Waals surface area contributed by atoms with Crippen molar-refractivity contribution in [2.75, 3.05) is 5.73 Å². The van der Waals surface area contributed by atoms with Gasteiger partial charge in [-0.3, -0.25) is 0 Å². The van der Waals surface area contributed by atoms with Gasteiger partial charge >= 0.3 is 0 Å². The number of hydrogen-bond acceptors (Lipinski definition) is 4. The Morgan fingerprint density at radius 1 is 1.65 bits per heavy atom. The minimum Gasteiger partial charge on any atom is -0.367 e. The van der Waals surface area contributed by atoms with Crippen molar-refractivity contribution in [3.05, 3.63) is 35.9 Å². The Balaban J connectivity index is 2.72. The van der Waals surface area contributed by atoms with E-state index in [1.54, 1.807) is 6.08 Å². The van der Waals surface area contributed by atoms with Crippen LogP contribution in [-0.4, -0.2) is 14.6 Å². The van der Waals surface area contributed by atoms with Crippen LogP contribution in [0.4, 0.5) is 10.3 Å². The van der Waals surface area contributed by atoms with Crippen LogP contribution in [-0.2, 0) is 6.42 Å². The van der Waals surface area contributed by atoms with Crippen LogP contribution in [0.3, 0.4) is 0 Å². The summed E-state index contributed by atoms with van der Waals surface area (Å²) in [5.74, 6) is -0.566. The van der Waals surface area contributed by atoms with E-state index >= 15 is 0 Å². The zero-order valence-electron chi connectivity index (χ0n) is 9.02. The largest absolute Gasteiger partial charge is 0.367 e. The Bertz CT molecular complexity index is 623. The molecule has 2 heterocycles. The molecular weight excluding hydrogens is 221 g/mol. The summed E-state index contributed by atoms with van der Waals surface area (Å²) in [5, 5.41) is 12.9. The molecule has 0 aliphatic carbocycles. The molecule has 0 spiro atoms. The van der Waals surface area contributed by atoms with E-state index in [0.717, 1.165) is 0 Å². The van der Waals surface area contributed by atoms with Gasteiger partial charge in [0, 0.05) is 0 Å². The van der Waals surface area contributed by atoms with Crippen LogP contribution in [0.15, 0.2) is 18.9 Å².